The van der Waals surface area contributed by atoms with Gasteiger partial charge < -0.3 is 5.32 Å². The summed E-state index contributed by atoms with van der Waals surface area (Å²) in [6, 6.07) is 14.3. The molecule has 0 atom stereocenters. The lowest BCUT2D eigenvalue weighted by Crippen LogP contribution is -2.15. The van der Waals surface area contributed by atoms with Crippen LogP contribution >= 0.6 is 0 Å². The van der Waals surface area contributed by atoms with Crippen LogP contribution in [0.15, 0.2) is 48.7 Å². The third-order valence-corrected chi connectivity index (χ3v) is 4.27. The van der Waals surface area contributed by atoms with Crippen molar-refractivity contribution in [2.75, 3.05) is 5.32 Å². The lowest BCUT2D eigenvalue weighted by molar-refractivity contribution is -0.115. The van der Waals surface area contributed by atoms with Gasteiger partial charge in [0.1, 0.15) is 11.6 Å². The Morgan fingerprint density at radius 1 is 1.21 bits per heavy atom. The van der Waals surface area contributed by atoms with E-state index in [0.29, 0.717) is 17.4 Å². The second-order valence-electron chi connectivity index (χ2n) is 6.77. The fourth-order valence-electron chi connectivity index (χ4n) is 2.72. The standard InChI is InChI=1S/C21H20FN5O/c1-14(2)16-5-3-15(4-6-16)11-20(28)25-19-9-10-27(26-19)13-18-8-7-17(12-23)21(22)24-18/h3-10,14H,11,13H2,1-2H3,(H,25,26,28). The molecule has 2 heterocycles. The second kappa shape index (κ2) is 8.44. The Labute approximate surface area is 162 Å². The number of aromatic nitrogens is 3. The van der Waals surface area contributed by atoms with Crippen LogP contribution in [-0.4, -0.2) is 20.7 Å². The number of nitriles is 1. The fraction of sp³-hybridized carbons (Fsp3) is 0.238. The van der Waals surface area contributed by atoms with Gasteiger partial charge in [0.05, 0.1) is 18.7 Å². The zero-order valence-electron chi connectivity index (χ0n) is 15.7. The smallest absolute Gasteiger partial charge is 0.231 e. The van der Waals surface area contributed by atoms with Crippen molar-refractivity contribution in [3.05, 3.63) is 77.0 Å². The van der Waals surface area contributed by atoms with Gasteiger partial charge in [-0.15, -0.1) is 0 Å². The van der Waals surface area contributed by atoms with Crippen molar-refractivity contribution < 1.29 is 9.18 Å². The van der Waals surface area contributed by atoms with Crippen molar-refractivity contribution >= 4 is 11.7 Å². The topological polar surface area (TPSA) is 83.6 Å². The van der Waals surface area contributed by atoms with E-state index in [1.165, 1.54) is 11.6 Å². The van der Waals surface area contributed by atoms with Gasteiger partial charge in [0.2, 0.25) is 11.9 Å². The van der Waals surface area contributed by atoms with Crippen LogP contribution in [0, 0.1) is 17.3 Å². The number of pyridine rings is 1. The molecule has 3 aromatic rings. The molecule has 0 bridgehead atoms. The minimum atomic E-state index is -0.802. The maximum atomic E-state index is 13.6. The number of hydrogen-bond acceptors (Lipinski definition) is 4. The summed E-state index contributed by atoms with van der Waals surface area (Å²) < 4.78 is 15.1. The normalized spacial score (nSPS) is 10.7. The predicted octanol–water partition coefficient (Wildman–Crippen LogP) is 3.64. The molecule has 28 heavy (non-hydrogen) atoms. The average molecular weight is 377 g/mol. The van der Waals surface area contributed by atoms with E-state index in [2.05, 4.69) is 29.2 Å². The van der Waals surface area contributed by atoms with Gasteiger partial charge in [0.15, 0.2) is 5.82 Å². The molecular weight excluding hydrogens is 357 g/mol. The van der Waals surface area contributed by atoms with Crippen LogP contribution in [0.5, 0.6) is 0 Å². The van der Waals surface area contributed by atoms with Crippen LogP contribution < -0.4 is 5.32 Å². The molecule has 0 fully saturated rings. The summed E-state index contributed by atoms with van der Waals surface area (Å²) in [4.78, 5) is 16.0. The van der Waals surface area contributed by atoms with Crippen molar-refractivity contribution in [1.29, 1.82) is 5.26 Å². The van der Waals surface area contributed by atoms with E-state index in [1.54, 1.807) is 29.1 Å². The molecule has 0 aliphatic rings. The Bertz CT molecular complexity index is 1020. The van der Waals surface area contributed by atoms with Crippen molar-refractivity contribution in [3.8, 4) is 6.07 Å². The van der Waals surface area contributed by atoms with E-state index >= 15 is 0 Å². The molecule has 0 aliphatic carbocycles. The maximum Gasteiger partial charge on any atom is 0.231 e. The van der Waals surface area contributed by atoms with Crippen molar-refractivity contribution in [2.45, 2.75) is 32.7 Å². The van der Waals surface area contributed by atoms with Crippen molar-refractivity contribution in [1.82, 2.24) is 14.8 Å². The Morgan fingerprint density at radius 3 is 2.61 bits per heavy atom. The molecule has 0 radical (unpaired) electrons. The first kappa shape index (κ1) is 19.2. The molecule has 142 valence electrons. The molecule has 0 spiro atoms. The molecule has 3 rings (SSSR count). The average Bonchev–Trinajstić information content (AvgIpc) is 3.09. The summed E-state index contributed by atoms with van der Waals surface area (Å²) in [5.41, 5.74) is 2.50. The number of nitrogens with one attached hydrogen (secondary N) is 1. The molecule has 1 amide bonds. The van der Waals surface area contributed by atoms with Gasteiger partial charge in [-0.3, -0.25) is 9.48 Å². The molecule has 0 unspecified atom stereocenters. The minimum absolute atomic E-state index is 0.0985. The number of carbonyl (C=O) groups excluding carboxylic acids is 1. The van der Waals surface area contributed by atoms with Gasteiger partial charge >= 0.3 is 0 Å². The Kier molecular flexibility index (Phi) is 5.80. The van der Waals surface area contributed by atoms with Gasteiger partial charge in [-0.05, 0) is 29.2 Å². The van der Waals surface area contributed by atoms with Gasteiger partial charge in [-0.2, -0.15) is 14.8 Å². The van der Waals surface area contributed by atoms with E-state index in [4.69, 9.17) is 5.26 Å². The number of rotatable bonds is 6. The lowest BCUT2D eigenvalue weighted by atomic mass is 10.0. The SMILES string of the molecule is CC(C)c1ccc(CC(=O)Nc2ccn(Cc3ccc(C#N)c(F)n3)n2)cc1. The molecular formula is C21H20FN5O. The summed E-state index contributed by atoms with van der Waals surface area (Å²) in [6.07, 6.45) is 1.93. The molecule has 0 saturated heterocycles. The quantitative estimate of drug-likeness (QED) is 0.665. The van der Waals surface area contributed by atoms with Crippen LogP contribution in [0.2, 0.25) is 0 Å². The molecule has 0 saturated carbocycles. The predicted molar refractivity (Wildman–Crippen MR) is 103 cm³/mol. The van der Waals surface area contributed by atoms with E-state index in [1.807, 2.05) is 24.3 Å². The number of carbonyl (C=O) groups is 1. The number of nitrogens with zero attached hydrogens (tertiary/aromatic N) is 4. The van der Waals surface area contributed by atoms with Crippen LogP contribution in [0.1, 0.15) is 42.1 Å². The third-order valence-electron chi connectivity index (χ3n) is 4.27. The highest BCUT2D eigenvalue weighted by molar-refractivity contribution is 5.91. The molecule has 2 aromatic heterocycles. The summed E-state index contributed by atoms with van der Waals surface area (Å²) >= 11 is 0. The zero-order valence-corrected chi connectivity index (χ0v) is 15.7. The first-order valence-electron chi connectivity index (χ1n) is 8.92. The first-order valence-corrected chi connectivity index (χ1v) is 8.92. The molecule has 6 nitrogen and oxygen atoms in total. The van der Waals surface area contributed by atoms with E-state index in [-0.39, 0.29) is 24.4 Å². The molecule has 1 aromatic carbocycles. The molecule has 1 N–H and O–H groups in total. The number of anilines is 1. The summed E-state index contributed by atoms with van der Waals surface area (Å²) in [5, 5.41) is 15.8. The highest BCUT2D eigenvalue weighted by atomic mass is 19.1. The largest absolute Gasteiger partial charge is 0.309 e. The van der Waals surface area contributed by atoms with Crippen molar-refractivity contribution in [3.63, 3.8) is 0 Å². The molecule has 0 aliphatic heterocycles. The molecule has 7 heteroatoms. The Hall–Kier alpha value is -3.53. The number of amides is 1. The monoisotopic (exact) mass is 377 g/mol. The highest BCUT2D eigenvalue weighted by Gasteiger charge is 2.09. The van der Waals surface area contributed by atoms with E-state index < -0.39 is 5.95 Å². The third kappa shape index (κ3) is 4.80. The van der Waals surface area contributed by atoms with E-state index in [9.17, 15) is 9.18 Å². The lowest BCUT2D eigenvalue weighted by Gasteiger charge is -2.07. The van der Waals surface area contributed by atoms with Gasteiger partial charge in [0, 0.05) is 12.3 Å². The summed E-state index contributed by atoms with van der Waals surface area (Å²) in [6.45, 7) is 4.48. The Balaban J connectivity index is 1.58. The second-order valence-corrected chi connectivity index (χ2v) is 6.77. The highest BCUT2D eigenvalue weighted by Crippen LogP contribution is 2.15. The van der Waals surface area contributed by atoms with Gasteiger partial charge in [-0.1, -0.05) is 38.1 Å². The van der Waals surface area contributed by atoms with E-state index in [0.717, 1.165) is 5.56 Å². The van der Waals surface area contributed by atoms with Crippen LogP contribution in [-0.2, 0) is 17.8 Å². The zero-order chi connectivity index (χ0) is 20.1. The minimum Gasteiger partial charge on any atom is -0.309 e. The number of hydrogen-bond donors (Lipinski definition) is 1. The van der Waals surface area contributed by atoms with Crippen LogP contribution in [0.25, 0.3) is 0 Å². The first-order chi connectivity index (χ1) is 13.4. The fourth-order valence-corrected chi connectivity index (χ4v) is 2.72. The summed E-state index contributed by atoms with van der Waals surface area (Å²) in [7, 11) is 0. The van der Waals surface area contributed by atoms with Gasteiger partial charge in [0.25, 0.3) is 0 Å². The van der Waals surface area contributed by atoms with Gasteiger partial charge in [-0.25, -0.2) is 4.98 Å². The Morgan fingerprint density at radius 2 is 1.96 bits per heavy atom. The van der Waals surface area contributed by atoms with Crippen LogP contribution in [0.4, 0.5) is 10.2 Å². The summed E-state index contributed by atoms with van der Waals surface area (Å²) in [5.74, 6) is -0.0990. The van der Waals surface area contributed by atoms with Crippen molar-refractivity contribution in [2.24, 2.45) is 0 Å². The number of halogens is 1. The van der Waals surface area contributed by atoms with Crippen LogP contribution in [0.3, 0.4) is 0 Å². The maximum absolute atomic E-state index is 13.6. The number of benzene rings is 1.